The maximum Gasteiger partial charge on any atom is 0.387 e. The molecule has 2 aromatic carbocycles. The van der Waals surface area contributed by atoms with Crippen LogP contribution >= 0.6 is 0 Å². The molecule has 0 aliphatic heterocycles. The van der Waals surface area contributed by atoms with Gasteiger partial charge in [0.2, 0.25) is 10.0 Å². The molecule has 10 nitrogen and oxygen atoms in total. The second-order valence-corrected chi connectivity index (χ2v) is 8.27. The molecule has 0 heterocycles. The number of benzene rings is 2. The number of nitro groups is 1. The van der Waals surface area contributed by atoms with Gasteiger partial charge in [-0.1, -0.05) is 6.07 Å². The van der Waals surface area contributed by atoms with E-state index in [4.69, 9.17) is 9.47 Å². The number of esters is 1. The molecule has 0 radical (unpaired) electrons. The molecular weight excluding hydrogens is 454 g/mol. The van der Waals surface area contributed by atoms with Crippen LogP contribution in [0.5, 0.6) is 11.5 Å². The summed E-state index contributed by atoms with van der Waals surface area (Å²) in [4.78, 5) is 22.3. The van der Waals surface area contributed by atoms with E-state index >= 15 is 0 Å². The molecule has 1 N–H and O–H groups in total. The molecule has 32 heavy (non-hydrogen) atoms. The number of carbonyl (C=O) groups is 1. The Bertz CT molecular complexity index is 1120. The van der Waals surface area contributed by atoms with Crippen LogP contribution in [0.2, 0.25) is 0 Å². The van der Waals surface area contributed by atoms with Gasteiger partial charge in [0.1, 0.15) is 13.2 Å². The fourth-order valence-electron chi connectivity index (χ4n) is 2.55. The Morgan fingerprint density at radius 2 is 1.84 bits per heavy atom. The summed E-state index contributed by atoms with van der Waals surface area (Å²) < 4.78 is 65.7. The Hall–Kier alpha value is -3.32. The first-order valence-corrected chi connectivity index (χ1v) is 10.5. The zero-order chi connectivity index (χ0) is 24.1. The van der Waals surface area contributed by atoms with E-state index in [9.17, 15) is 32.1 Å². The highest BCUT2D eigenvalue weighted by molar-refractivity contribution is 7.89. The van der Waals surface area contributed by atoms with Crippen molar-refractivity contribution in [2.45, 2.75) is 32.0 Å². The largest absolute Gasteiger partial charge is 0.493 e. The van der Waals surface area contributed by atoms with Crippen LogP contribution in [0.15, 0.2) is 35.2 Å². The van der Waals surface area contributed by atoms with Crippen LogP contribution in [0.25, 0.3) is 0 Å². The van der Waals surface area contributed by atoms with Crippen molar-refractivity contribution in [2.24, 2.45) is 0 Å². The predicted octanol–water partition coefficient (Wildman–Crippen LogP) is 2.84. The molecule has 0 aliphatic carbocycles. The number of carbonyl (C=O) groups excluding carboxylic acids is 1. The van der Waals surface area contributed by atoms with Crippen LogP contribution in [-0.4, -0.2) is 39.6 Å². The molecule has 0 saturated carbocycles. The number of nitro benzene ring substituents is 1. The van der Waals surface area contributed by atoms with Crippen molar-refractivity contribution in [3.8, 4) is 11.5 Å². The minimum atomic E-state index is -3.99. The zero-order valence-electron chi connectivity index (χ0n) is 17.3. The molecule has 0 aliphatic rings. The SMILES string of the molecule is COc1cc(COC(=O)CNS(=O)(=O)c2ccc(C)c(C)c2)c([N+](=O)[O-])cc1OC(F)F. The van der Waals surface area contributed by atoms with Gasteiger partial charge in [0, 0.05) is 0 Å². The number of ether oxygens (including phenoxy) is 3. The highest BCUT2D eigenvalue weighted by Crippen LogP contribution is 2.36. The van der Waals surface area contributed by atoms with Crippen molar-refractivity contribution in [1.29, 1.82) is 0 Å². The third-order valence-electron chi connectivity index (χ3n) is 4.36. The topological polar surface area (TPSA) is 134 Å². The molecule has 0 saturated heterocycles. The number of alkyl halides is 2. The molecule has 0 aromatic heterocycles. The first-order valence-electron chi connectivity index (χ1n) is 8.97. The van der Waals surface area contributed by atoms with Crippen molar-refractivity contribution >= 4 is 21.7 Å². The van der Waals surface area contributed by atoms with E-state index in [2.05, 4.69) is 9.46 Å². The molecule has 174 valence electrons. The van der Waals surface area contributed by atoms with Gasteiger partial charge in [0.15, 0.2) is 11.5 Å². The number of nitrogens with one attached hydrogen (secondary N) is 1. The van der Waals surface area contributed by atoms with Crippen molar-refractivity contribution in [2.75, 3.05) is 13.7 Å². The number of methoxy groups -OCH3 is 1. The fourth-order valence-corrected chi connectivity index (χ4v) is 3.61. The van der Waals surface area contributed by atoms with Gasteiger partial charge in [0.25, 0.3) is 5.69 Å². The van der Waals surface area contributed by atoms with Gasteiger partial charge in [0.05, 0.1) is 28.6 Å². The van der Waals surface area contributed by atoms with Crippen LogP contribution in [0.1, 0.15) is 16.7 Å². The van der Waals surface area contributed by atoms with E-state index in [-0.39, 0.29) is 16.2 Å². The van der Waals surface area contributed by atoms with Gasteiger partial charge >= 0.3 is 12.6 Å². The van der Waals surface area contributed by atoms with E-state index in [0.29, 0.717) is 0 Å². The first kappa shape index (κ1) is 24.9. The fraction of sp³-hybridized carbons (Fsp3) is 0.316. The average Bonchev–Trinajstić information content (AvgIpc) is 2.72. The molecule has 0 atom stereocenters. The number of halogens is 2. The van der Waals surface area contributed by atoms with Gasteiger partial charge < -0.3 is 14.2 Å². The van der Waals surface area contributed by atoms with Crippen LogP contribution in [0.4, 0.5) is 14.5 Å². The number of rotatable bonds is 10. The Labute approximate surface area is 182 Å². The van der Waals surface area contributed by atoms with Crippen LogP contribution in [0.3, 0.4) is 0 Å². The third kappa shape index (κ3) is 6.34. The summed E-state index contributed by atoms with van der Waals surface area (Å²) in [6.45, 7) is -1.05. The minimum Gasteiger partial charge on any atom is -0.493 e. The van der Waals surface area contributed by atoms with Gasteiger partial charge in [-0.15, -0.1) is 0 Å². The summed E-state index contributed by atoms with van der Waals surface area (Å²) in [7, 11) is -2.86. The predicted molar refractivity (Wildman–Crippen MR) is 107 cm³/mol. The Kier molecular flexibility index (Phi) is 8.05. The molecular formula is C19H20F2N2O8S. The second kappa shape index (κ2) is 10.3. The van der Waals surface area contributed by atoms with Gasteiger partial charge in [-0.25, -0.2) is 8.42 Å². The van der Waals surface area contributed by atoms with E-state index < -0.39 is 52.1 Å². The Morgan fingerprint density at radius 1 is 1.16 bits per heavy atom. The lowest BCUT2D eigenvalue weighted by Crippen LogP contribution is -2.30. The zero-order valence-corrected chi connectivity index (χ0v) is 18.1. The minimum absolute atomic E-state index is 0.0385. The molecule has 0 unspecified atom stereocenters. The van der Waals surface area contributed by atoms with E-state index in [0.717, 1.165) is 30.4 Å². The Balaban J connectivity index is 2.10. The van der Waals surface area contributed by atoms with Gasteiger partial charge in [-0.3, -0.25) is 14.9 Å². The van der Waals surface area contributed by atoms with Crippen LogP contribution in [0, 0.1) is 24.0 Å². The number of hydrogen-bond donors (Lipinski definition) is 1. The molecule has 0 bridgehead atoms. The summed E-state index contributed by atoms with van der Waals surface area (Å²) in [5, 5.41) is 11.3. The molecule has 13 heteroatoms. The summed E-state index contributed by atoms with van der Waals surface area (Å²) in [5.74, 6) is -1.82. The van der Waals surface area contributed by atoms with Crippen molar-refractivity contribution in [3.63, 3.8) is 0 Å². The standard InChI is InChI=1S/C19H20F2N2O8S/c1-11-4-5-14(6-12(11)2)32(27,28)22-9-18(24)30-10-13-7-16(29-3)17(31-19(20)21)8-15(13)23(25)26/h4-8,19,22H,9-10H2,1-3H3. The highest BCUT2D eigenvalue weighted by Gasteiger charge is 2.23. The summed E-state index contributed by atoms with van der Waals surface area (Å²) >= 11 is 0. The average molecular weight is 474 g/mol. The molecule has 2 aromatic rings. The normalized spacial score (nSPS) is 11.3. The number of aryl methyl sites for hydroxylation is 2. The van der Waals surface area contributed by atoms with Gasteiger partial charge in [-0.2, -0.15) is 13.5 Å². The van der Waals surface area contributed by atoms with E-state index in [1.165, 1.54) is 12.1 Å². The van der Waals surface area contributed by atoms with Crippen molar-refractivity contribution in [3.05, 3.63) is 57.1 Å². The summed E-state index contributed by atoms with van der Waals surface area (Å²) in [6, 6.07) is 6.19. The van der Waals surface area contributed by atoms with E-state index in [1.54, 1.807) is 13.0 Å². The molecule has 0 spiro atoms. The van der Waals surface area contributed by atoms with Crippen molar-refractivity contribution < 1.29 is 41.1 Å². The monoisotopic (exact) mass is 474 g/mol. The maximum absolute atomic E-state index is 12.5. The van der Waals surface area contributed by atoms with E-state index in [1.807, 2.05) is 6.92 Å². The van der Waals surface area contributed by atoms with Crippen LogP contribution in [-0.2, 0) is 26.2 Å². The van der Waals surface area contributed by atoms with Gasteiger partial charge in [-0.05, 0) is 43.2 Å². The number of hydrogen-bond acceptors (Lipinski definition) is 8. The highest BCUT2D eigenvalue weighted by atomic mass is 32.2. The summed E-state index contributed by atoms with van der Waals surface area (Å²) in [6.07, 6.45) is 0. The number of sulfonamides is 1. The first-order chi connectivity index (χ1) is 14.9. The third-order valence-corrected chi connectivity index (χ3v) is 5.76. The lowest BCUT2D eigenvalue weighted by molar-refractivity contribution is -0.386. The quantitative estimate of drug-likeness (QED) is 0.316. The maximum atomic E-state index is 12.5. The lowest BCUT2D eigenvalue weighted by atomic mass is 10.1. The van der Waals surface area contributed by atoms with Crippen molar-refractivity contribution in [1.82, 2.24) is 4.72 Å². The lowest BCUT2D eigenvalue weighted by Gasteiger charge is -2.13. The number of nitrogens with zero attached hydrogens (tertiary/aromatic N) is 1. The molecule has 2 rings (SSSR count). The second-order valence-electron chi connectivity index (χ2n) is 6.50. The Morgan fingerprint density at radius 3 is 2.41 bits per heavy atom. The molecule has 0 fully saturated rings. The smallest absolute Gasteiger partial charge is 0.387 e. The molecule has 0 amide bonds. The summed E-state index contributed by atoms with van der Waals surface area (Å²) in [5.41, 5.74) is 0.824. The van der Waals surface area contributed by atoms with Crippen LogP contribution < -0.4 is 14.2 Å².